The summed E-state index contributed by atoms with van der Waals surface area (Å²) in [4.78, 5) is 14.6. The molecule has 1 aromatic heterocycles. The fraction of sp³-hybridized carbons (Fsp3) is 0.615. The van der Waals surface area contributed by atoms with E-state index in [2.05, 4.69) is 10.3 Å². The summed E-state index contributed by atoms with van der Waals surface area (Å²) in [5.74, 6) is 0.342. The van der Waals surface area contributed by atoms with Gasteiger partial charge in [-0.2, -0.15) is 0 Å². The number of nitro groups is 1. The maximum Gasteiger partial charge on any atom is 0.311 e. The van der Waals surface area contributed by atoms with Gasteiger partial charge in [0.25, 0.3) is 0 Å². The van der Waals surface area contributed by atoms with E-state index in [9.17, 15) is 10.1 Å². The predicted molar refractivity (Wildman–Crippen MR) is 74.4 cm³/mol. The molecule has 1 rings (SSSR count). The number of ether oxygens (including phenoxy) is 1. The summed E-state index contributed by atoms with van der Waals surface area (Å²) in [6.45, 7) is 7.17. The number of hydrogen-bond acceptors (Lipinski definition) is 5. The van der Waals surface area contributed by atoms with Crippen molar-refractivity contribution >= 4 is 11.5 Å². The first kappa shape index (κ1) is 15.4. The molecular weight excluding hydrogens is 246 g/mol. The minimum atomic E-state index is -0.420. The van der Waals surface area contributed by atoms with Crippen LogP contribution in [0.3, 0.4) is 0 Å². The summed E-state index contributed by atoms with van der Waals surface area (Å²) >= 11 is 0. The Morgan fingerprint density at radius 3 is 2.79 bits per heavy atom. The van der Waals surface area contributed by atoms with E-state index >= 15 is 0 Å². The molecule has 0 fully saturated rings. The zero-order valence-electron chi connectivity index (χ0n) is 11.7. The largest absolute Gasteiger partial charge is 0.379 e. The van der Waals surface area contributed by atoms with E-state index in [-0.39, 0.29) is 11.8 Å². The zero-order valence-corrected chi connectivity index (χ0v) is 11.7. The van der Waals surface area contributed by atoms with Crippen molar-refractivity contribution in [2.75, 3.05) is 18.5 Å². The number of unbranched alkanes of at least 4 members (excludes halogenated alkanes) is 1. The molecule has 0 saturated heterocycles. The van der Waals surface area contributed by atoms with Gasteiger partial charge in [-0.25, -0.2) is 4.98 Å². The van der Waals surface area contributed by atoms with Gasteiger partial charge in [0.05, 0.1) is 11.0 Å². The van der Waals surface area contributed by atoms with Gasteiger partial charge in [0, 0.05) is 24.9 Å². The van der Waals surface area contributed by atoms with Gasteiger partial charge in [0.2, 0.25) is 5.82 Å². The van der Waals surface area contributed by atoms with E-state index in [0.717, 1.165) is 18.5 Å². The van der Waals surface area contributed by atoms with E-state index in [0.29, 0.717) is 19.0 Å². The van der Waals surface area contributed by atoms with Crippen LogP contribution < -0.4 is 5.32 Å². The third-order valence-electron chi connectivity index (χ3n) is 2.52. The molecule has 0 unspecified atom stereocenters. The molecule has 0 bridgehead atoms. The first-order valence-electron chi connectivity index (χ1n) is 6.48. The van der Waals surface area contributed by atoms with Crippen molar-refractivity contribution in [1.29, 1.82) is 0 Å². The van der Waals surface area contributed by atoms with E-state index < -0.39 is 4.92 Å². The van der Waals surface area contributed by atoms with E-state index in [1.54, 1.807) is 6.07 Å². The SMILES string of the molecule is Cc1ccc([N+](=O)[O-])c(NCCCCOC(C)C)n1. The van der Waals surface area contributed by atoms with Crippen molar-refractivity contribution in [3.05, 3.63) is 27.9 Å². The normalized spacial score (nSPS) is 10.7. The summed E-state index contributed by atoms with van der Waals surface area (Å²) < 4.78 is 5.42. The van der Waals surface area contributed by atoms with Gasteiger partial charge in [-0.1, -0.05) is 0 Å². The lowest BCUT2D eigenvalue weighted by Crippen LogP contribution is -2.09. The molecule has 1 heterocycles. The molecule has 0 aromatic carbocycles. The first-order valence-corrected chi connectivity index (χ1v) is 6.48. The number of anilines is 1. The minimum absolute atomic E-state index is 0.0176. The van der Waals surface area contributed by atoms with Crippen LogP contribution in [0.2, 0.25) is 0 Å². The Morgan fingerprint density at radius 1 is 1.42 bits per heavy atom. The first-order chi connectivity index (χ1) is 9.00. The van der Waals surface area contributed by atoms with Gasteiger partial charge in [-0.05, 0) is 39.7 Å². The molecule has 0 spiro atoms. The number of aromatic nitrogens is 1. The Balaban J connectivity index is 2.40. The van der Waals surface area contributed by atoms with Crippen LogP contribution in [0.15, 0.2) is 12.1 Å². The molecule has 0 aliphatic carbocycles. The maximum atomic E-state index is 10.8. The zero-order chi connectivity index (χ0) is 14.3. The van der Waals surface area contributed by atoms with E-state index in [1.807, 2.05) is 20.8 Å². The number of aryl methyl sites for hydroxylation is 1. The molecule has 0 saturated carbocycles. The van der Waals surface area contributed by atoms with Crippen molar-refractivity contribution in [3.8, 4) is 0 Å². The molecule has 0 aliphatic rings. The Hall–Kier alpha value is -1.69. The average molecular weight is 267 g/mol. The Bertz CT molecular complexity index is 422. The van der Waals surface area contributed by atoms with Gasteiger partial charge in [-0.3, -0.25) is 10.1 Å². The molecule has 106 valence electrons. The van der Waals surface area contributed by atoms with Gasteiger partial charge >= 0.3 is 5.69 Å². The van der Waals surface area contributed by atoms with Crippen molar-refractivity contribution in [3.63, 3.8) is 0 Å². The minimum Gasteiger partial charge on any atom is -0.379 e. The van der Waals surface area contributed by atoms with Crippen LogP contribution >= 0.6 is 0 Å². The second-order valence-corrected chi connectivity index (χ2v) is 4.63. The summed E-state index contributed by atoms with van der Waals surface area (Å²) in [7, 11) is 0. The van der Waals surface area contributed by atoms with Gasteiger partial charge in [-0.15, -0.1) is 0 Å². The fourth-order valence-corrected chi connectivity index (χ4v) is 1.58. The molecule has 0 radical (unpaired) electrons. The number of rotatable bonds is 8. The fourth-order valence-electron chi connectivity index (χ4n) is 1.58. The molecule has 1 N–H and O–H groups in total. The van der Waals surface area contributed by atoms with E-state index in [1.165, 1.54) is 6.07 Å². The Labute approximate surface area is 113 Å². The van der Waals surface area contributed by atoms with Crippen molar-refractivity contribution in [2.24, 2.45) is 0 Å². The monoisotopic (exact) mass is 267 g/mol. The van der Waals surface area contributed by atoms with Crippen LogP contribution in [0, 0.1) is 17.0 Å². The second kappa shape index (κ2) is 7.68. The quantitative estimate of drug-likeness (QED) is 0.445. The number of nitrogens with one attached hydrogen (secondary N) is 1. The summed E-state index contributed by atoms with van der Waals surface area (Å²) in [6, 6.07) is 3.12. The maximum absolute atomic E-state index is 10.8. The number of hydrogen-bond donors (Lipinski definition) is 1. The standard InChI is InChI=1S/C13H21N3O3/c1-10(2)19-9-5-4-8-14-13-12(16(17)18)7-6-11(3)15-13/h6-7,10H,4-5,8-9H2,1-3H3,(H,14,15). The number of nitrogens with zero attached hydrogens (tertiary/aromatic N) is 2. The highest BCUT2D eigenvalue weighted by atomic mass is 16.6. The van der Waals surface area contributed by atoms with Crippen LogP contribution in [0.25, 0.3) is 0 Å². The molecular formula is C13H21N3O3. The summed E-state index contributed by atoms with van der Waals surface area (Å²) in [6.07, 6.45) is 2.05. The number of pyridine rings is 1. The summed E-state index contributed by atoms with van der Waals surface area (Å²) in [5, 5.41) is 13.9. The Kier molecular flexibility index (Phi) is 6.21. The van der Waals surface area contributed by atoms with Crippen LogP contribution in [0.1, 0.15) is 32.4 Å². The molecule has 1 aromatic rings. The van der Waals surface area contributed by atoms with Gasteiger partial charge in [0.15, 0.2) is 0 Å². The molecule has 0 atom stereocenters. The summed E-state index contributed by atoms with van der Waals surface area (Å²) in [5.41, 5.74) is 0.778. The highest BCUT2D eigenvalue weighted by Crippen LogP contribution is 2.21. The lowest BCUT2D eigenvalue weighted by atomic mass is 10.3. The van der Waals surface area contributed by atoms with E-state index in [4.69, 9.17) is 4.74 Å². The van der Waals surface area contributed by atoms with Crippen LogP contribution in [0.4, 0.5) is 11.5 Å². The second-order valence-electron chi connectivity index (χ2n) is 4.63. The van der Waals surface area contributed by atoms with Crippen LogP contribution in [-0.2, 0) is 4.74 Å². The third kappa shape index (κ3) is 5.65. The highest BCUT2D eigenvalue weighted by Gasteiger charge is 2.14. The van der Waals surface area contributed by atoms with Gasteiger partial charge in [0.1, 0.15) is 0 Å². The topological polar surface area (TPSA) is 77.3 Å². The third-order valence-corrected chi connectivity index (χ3v) is 2.52. The Morgan fingerprint density at radius 2 is 2.16 bits per heavy atom. The molecule has 6 heteroatoms. The average Bonchev–Trinajstić information content (AvgIpc) is 2.33. The van der Waals surface area contributed by atoms with Crippen molar-refractivity contribution < 1.29 is 9.66 Å². The van der Waals surface area contributed by atoms with Gasteiger partial charge < -0.3 is 10.1 Å². The van der Waals surface area contributed by atoms with Crippen LogP contribution in [-0.4, -0.2) is 29.2 Å². The smallest absolute Gasteiger partial charge is 0.311 e. The molecule has 19 heavy (non-hydrogen) atoms. The highest BCUT2D eigenvalue weighted by molar-refractivity contribution is 5.55. The van der Waals surface area contributed by atoms with Crippen molar-refractivity contribution in [2.45, 2.75) is 39.7 Å². The molecule has 0 aliphatic heterocycles. The van der Waals surface area contributed by atoms with Crippen molar-refractivity contribution in [1.82, 2.24) is 4.98 Å². The molecule has 0 amide bonds. The predicted octanol–water partition coefficient (Wildman–Crippen LogP) is 2.92. The molecule has 6 nitrogen and oxygen atoms in total. The lowest BCUT2D eigenvalue weighted by Gasteiger charge is -2.08. The lowest BCUT2D eigenvalue weighted by molar-refractivity contribution is -0.384. The van der Waals surface area contributed by atoms with Crippen LogP contribution in [0.5, 0.6) is 0 Å².